The highest BCUT2D eigenvalue weighted by Gasteiger charge is 2.26. The van der Waals surface area contributed by atoms with Gasteiger partial charge in [0.05, 0.1) is 13.2 Å². The van der Waals surface area contributed by atoms with Crippen molar-refractivity contribution >= 4 is 21.6 Å². The van der Waals surface area contributed by atoms with Crippen LogP contribution in [0.25, 0.3) is 0 Å². The molecular weight excluding hydrogens is 371 g/mol. The molecule has 0 fully saturated rings. The molecule has 8 heteroatoms. The predicted octanol–water partition coefficient (Wildman–Crippen LogP) is 3.26. The van der Waals surface area contributed by atoms with E-state index in [1.165, 1.54) is 38.3 Å². The fourth-order valence-corrected chi connectivity index (χ4v) is 3.84. The zero-order valence-electron chi connectivity index (χ0n) is 15.6. The third-order valence-electron chi connectivity index (χ3n) is 3.96. The molecule has 0 spiro atoms. The first kappa shape index (κ1) is 20.9. The molecule has 0 aliphatic heterocycles. The van der Waals surface area contributed by atoms with Crippen LogP contribution in [0.1, 0.15) is 32.3 Å². The third-order valence-corrected chi connectivity index (χ3v) is 5.52. The fraction of sp³-hybridized carbons (Fsp3) is 0.316. The topological polar surface area (TPSA) is 84.5 Å². The summed E-state index contributed by atoms with van der Waals surface area (Å²) in [5.41, 5.74) is 1.07. The number of sulfonamides is 1. The summed E-state index contributed by atoms with van der Waals surface area (Å²) < 4.78 is 46.3. The van der Waals surface area contributed by atoms with Gasteiger partial charge in [-0.3, -0.25) is 4.79 Å². The van der Waals surface area contributed by atoms with Gasteiger partial charge in [0.25, 0.3) is 0 Å². The molecule has 2 aromatic carbocycles. The number of hydrogen-bond donors (Lipinski definition) is 2. The van der Waals surface area contributed by atoms with E-state index in [2.05, 4.69) is 10.0 Å². The summed E-state index contributed by atoms with van der Waals surface area (Å²) in [6.45, 7) is 5.30. The number of ether oxygens (including phenoxy) is 1. The van der Waals surface area contributed by atoms with Crippen molar-refractivity contribution in [2.45, 2.75) is 37.6 Å². The highest BCUT2D eigenvalue weighted by molar-refractivity contribution is 7.89. The molecule has 2 rings (SSSR count). The summed E-state index contributed by atoms with van der Waals surface area (Å²) in [5.74, 6) is -0.803. The minimum Gasteiger partial charge on any atom is -0.495 e. The molecule has 1 amide bonds. The molecular formula is C19H23FN2O4S. The molecule has 0 aliphatic rings. The van der Waals surface area contributed by atoms with Crippen molar-refractivity contribution in [1.29, 1.82) is 0 Å². The van der Waals surface area contributed by atoms with Gasteiger partial charge in [-0.15, -0.1) is 0 Å². The second-order valence-corrected chi connectivity index (χ2v) is 8.09. The van der Waals surface area contributed by atoms with Crippen LogP contribution in [0.5, 0.6) is 5.75 Å². The van der Waals surface area contributed by atoms with Gasteiger partial charge in [0.2, 0.25) is 15.9 Å². The van der Waals surface area contributed by atoms with E-state index in [9.17, 15) is 17.6 Å². The lowest BCUT2D eigenvalue weighted by atomic mass is 10.0. The molecule has 0 aromatic heterocycles. The Morgan fingerprint density at radius 1 is 1.11 bits per heavy atom. The van der Waals surface area contributed by atoms with Crippen LogP contribution in [-0.2, 0) is 14.8 Å². The summed E-state index contributed by atoms with van der Waals surface area (Å²) >= 11 is 0. The Morgan fingerprint density at radius 2 is 1.81 bits per heavy atom. The Morgan fingerprint density at radius 3 is 2.41 bits per heavy atom. The van der Waals surface area contributed by atoms with Crippen LogP contribution in [0.4, 0.5) is 10.1 Å². The molecule has 1 unspecified atom stereocenters. The highest BCUT2D eigenvalue weighted by atomic mass is 32.2. The Bertz CT molecular complexity index is 929. The standard InChI is InChI=1S/C19H23FN2O4S/c1-12(2)14-8-9-17(26-4)18(10-14)27(24,25)22-13(3)19(23)21-16-7-5-6-15(20)11-16/h5-13,22H,1-4H3,(H,21,23). The largest absolute Gasteiger partial charge is 0.495 e. The van der Waals surface area contributed by atoms with E-state index in [4.69, 9.17) is 4.74 Å². The molecule has 0 saturated carbocycles. The Kier molecular flexibility index (Phi) is 6.56. The smallest absolute Gasteiger partial charge is 0.244 e. The fourth-order valence-electron chi connectivity index (χ4n) is 2.43. The van der Waals surface area contributed by atoms with Gasteiger partial charge in [0.15, 0.2) is 0 Å². The molecule has 0 saturated heterocycles. The lowest BCUT2D eigenvalue weighted by molar-refractivity contribution is -0.117. The maximum atomic E-state index is 13.2. The first-order chi connectivity index (χ1) is 12.6. The Hall–Kier alpha value is -2.45. The lowest BCUT2D eigenvalue weighted by Gasteiger charge is -2.17. The molecule has 1 atom stereocenters. The summed E-state index contributed by atoms with van der Waals surface area (Å²) in [6, 6.07) is 9.18. The van der Waals surface area contributed by atoms with E-state index >= 15 is 0 Å². The van der Waals surface area contributed by atoms with Gasteiger partial charge in [0, 0.05) is 5.69 Å². The van der Waals surface area contributed by atoms with Crippen molar-refractivity contribution in [2.24, 2.45) is 0 Å². The number of methoxy groups -OCH3 is 1. The van der Waals surface area contributed by atoms with Crippen LogP contribution in [0.2, 0.25) is 0 Å². The van der Waals surface area contributed by atoms with E-state index in [0.717, 1.165) is 11.6 Å². The number of hydrogen-bond acceptors (Lipinski definition) is 4. The number of anilines is 1. The molecule has 0 radical (unpaired) electrons. The molecule has 0 bridgehead atoms. The van der Waals surface area contributed by atoms with Crippen LogP contribution >= 0.6 is 0 Å². The highest BCUT2D eigenvalue weighted by Crippen LogP contribution is 2.28. The minimum atomic E-state index is -4.01. The normalized spacial score (nSPS) is 12.7. The quantitative estimate of drug-likeness (QED) is 0.755. The molecule has 2 aromatic rings. The number of halogens is 1. The maximum Gasteiger partial charge on any atom is 0.244 e. The van der Waals surface area contributed by atoms with E-state index < -0.39 is 27.8 Å². The number of benzene rings is 2. The number of nitrogens with one attached hydrogen (secondary N) is 2. The monoisotopic (exact) mass is 394 g/mol. The van der Waals surface area contributed by atoms with Crippen molar-refractivity contribution in [3.8, 4) is 5.75 Å². The number of amides is 1. The van der Waals surface area contributed by atoms with Crippen molar-refractivity contribution in [2.75, 3.05) is 12.4 Å². The van der Waals surface area contributed by atoms with Gasteiger partial charge in [-0.2, -0.15) is 4.72 Å². The average Bonchev–Trinajstić information content (AvgIpc) is 2.60. The number of rotatable bonds is 7. The van der Waals surface area contributed by atoms with Gasteiger partial charge in [-0.1, -0.05) is 26.0 Å². The van der Waals surface area contributed by atoms with Gasteiger partial charge in [-0.25, -0.2) is 12.8 Å². The zero-order chi connectivity index (χ0) is 20.2. The van der Waals surface area contributed by atoms with E-state index in [-0.39, 0.29) is 22.3 Å². The lowest BCUT2D eigenvalue weighted by Crippen LogP contribution is -2.41. The summed E-state index contributed by atoms with van der Waals surface area (Å²) in [4.78, 5) is 12.2. The molecule has 6 nitrogen and oxygen atoms in total. The molecule has 0 aliphatic carbocycles. The minimum absolute atomic E-state index is 0.0402. The first-order valence-electron chi connectivity index (χ1n) is 8.40. The van der Waals surface area contributed by atoms with Gasteiger partial charge in [-0.05, 0) is 48.7 Å². The van der Waals surface area contributed by atoms with Crippen LogP contribution in [0.15, 0.2) is 47.4 Å². The van der Waals surface area contributed by atoms with Crippen LogP contribution < -0.4 is 14.8 Å². The second kappa shape index (κ2) is 8.49. The van der Waals surface area contributed by atoms with Crippen molar-refractivity contribution in [3.63, 3.8) is 0 Å². The predicted molar refractivity (Wildman–Crippen MR) is 102 cm³/mol. The summed E-state index contributed by atoms with van der Waals surface area (Å²) in [5, 5.41) is 2.48. The van der Waals surface area contributed by atoms with Crippen LogP contribution in [0.3, 0.4) is 0 Å². The first-order valence-corrected chi connectivity index (χ1v) is 9.89. The van der Waals surface area contributed by atoms with Crippen LogP contribution in [0, 0.1) is 5.82 Å². The summed E-state index contributed by atoms with van der Waals surface area (Å²) in [7, 11) is -2.64. The molecule has 2 N–H and O–H groups in total. The number of carbonyl (C=O) groups excluding carboxylic acids is 1. The average molecular weight is 394 g/mol. The SMILES string of the molecule is COc1ccc(C(C)C)cc1S(=O)(=O)NC(C)C(=O)Nc1cccc(F)c1. The Labute approximate surface area is 158 Å². The van der Waals surface area contributed by atoms with Gasteiger partial charge < -0.3 is 10.1 Å². The van der Waals surface area contributed by atoms with E-state index in [1.54, 1.807) is 12.1 Å². The Balaban J connectivity index is 2.22. The summed E-state index contributed by atoms with van der Waals surface area (Å²) in [6.07, 6.45) is 0. The van der Waals surface area contributed by atoms with Gasteiger partial charge >= 0.3 is 0 Å². The third kappa shape index (κ3) is 5.27. The second-order valence-electron chi connectivity index (χ2n) is 6.41. The number of carbonyl (C=O) groups is 1. The maximum absolute atomic E-state index is 13.2. The molecule has 27 heavy (non-hydrogen) atoms. The van der Waals surface area contributed by atoms with E-state index in [0.29, 0.717) is 0 Å². The van der Waals surface area contributed by atoms with Crippen molar-refractivity contribution in [1.82, 2.24) is 4.72 Å². The molecule has 146 valence electrons. The van der Waals surface area contributed by atoms with E-state index in [1.807, 2.05) is 13.8 Å². The van der Waals surface area contributed by atoms with Crippen LogP contribution in [-0.4, -0.2) is 27.5 Å². The van der Waals surface area contributed by atoms with Gasteiger partial charge in [0.1, 0.15) is 16.5 Å². The van der Waals surface area contributed by atoms with Crippen molar-refractivity contribution in [3.05, 3.63) is 53.8 Å². The molecule has 0 heterocycles. The zero-order valence-corrected chi connectivity index (χ0v) is 16.4. The van der Waals surface area contributed by atoms with Crippen molar-refractivity contribution < 1.29 is 22.3 Å².